The molecule has 2 heterocycles. The van der Waals surface area contributed by atoms with Crippen molar-refractivity contribution in [3.63, 3.8) is 0 Å². The molecule has 1 aliphatic carbocycles. The van der Waals surface area contributed by atoms with E-state index in [0.717, 1.165) is 62.6 Å². The molecule has 8 heteroatoms. The summed E-state index contributed by atoms with van der Waals surface area (Å²) < 4.78 is 16.7. The van der Waals surface area contributed by atoms with Crippen LogP contribution in [0.1, 0.15) is 33.8 Å². The number of anilines is 2. The molecular weight excluding hydrogens is 435 g/mol. The third-order valence-corrected chi connectivity index (χ3v) is 6.87. The lowest BCUT2D eigenvalue weighted by Crippen LogP contribution is -2.23. The average Bonchev–Trinajstić information content (AvgIpc) is 3.34. The smallest absolute Gasteiger partial charge is 0.277 e. The van der Waals surface area contributed by atoms with Gasteiger partial charge in [-0.2, -0.15) is 4.98 Å². The van der Waals surface area contributed by atoms with Crippen LogP contribution in [0.4, 0.5) is 16.0 Å². The second-order valence-corrected chi connectivity index (χ2v) is 9.49. The molecule has 0 saturated heterocycles. The molecule has 0 radical (unpaired) electrons. The fourth-order valence-electron chi connectivity index (χ4n) is 4.14. The van der Waals surface area contributed by atoms with Crippen LogP contribution in [0.25, 0.3) is 10.2 Å². The lowest BCUT2D eigenvalue weighted by Gasteiger charge is -2.19. The van der Waals surface area contributed by atoms with E-state index in [2.05, 4.69) is 15.3 Å². The van der Waals surface area contributed by atoms with Gasteiger partial charge in [-0.15, -0.1) is 11.3 Å². The fraction of sp³-hybridized carbons (Fsp3) is 0.261. The number of benzene rings is 2. The molecule has 5 nitrogen and oxygen atoms in total. The van der Waals surface area contributed by atoms with E-state index in [1.165, 1.54) is 6.07 Å². The Kier molecular flexibility index (Phi) is 5.02. The Morgan fingerprint density at radius 3 is 2.84 bits per heavy atom. The molecule has 1 N–H and O–H groups in total. The van der Waals surface area contributed by atoms with Gasteiger partial charge in [0.05, 0.1) is 26.8 Å². The van der Waals surface area contributed by atoms with Crippen molar-refractivity contribution in [2.75, 3.05) is 5.32 Å². The summed E-state index contributed by atoms with van der Waals surface area (Å²) in [6.45, 7) is 4.44. The summed E-state index contributed by atoms with van der Waals surface area (Å²) >= 11 is 7.63. The first-order valence-corrected chi connectivity index (χ1v) is 11.3. The number of thiazole rings is 1. The normalized spacial score (nSPS) is 13.0. The molecule has 0 spiro atoms. The topological polar surface area (TPSA) is 59.8 Å². The van der Waals surface area contributed by atoms with E-state index in [4.69, 9.17) is 11.6 Å². The van der Waals surface area contributed by atoms with Crippen molar-refractivity contribution in [1.29, 1.82) is 0 Å². The summed E-state index contributed by atoms with van der Waals surface area (Å²) in [7, 11) is 0. The Morgan fingerprint density at radius 2 is 2.03 bits per heavy atom. The lowest BCUT2D eigenvalue weighted by atomic mass is 10.2. The van der Waals surface area contributed by atoms with Gasteiger partial charge >= 0.3 is 0 Å². The summed E-state index contributed by atoms with van der Waals surface area (Å²) in [5.74, 6) is 0.0330. The van der Waals surface area contributed by atoms with E-state index in [0.29, 0.717) is 12.5 Å². The van der Waals surface area contributed by atoms with E-state index in [1.807, 2.05) is 30.5 Å². The minimum absolute atomic E-state index is 0.0829. The van der Waals surface area contributed by atoms with Gasteiger partial charge in [0, 0.05) is 16.9 Å². The average molecular weight is 455 g/mol. The highest BCUT2D eigenvalue weighted by Gasteiger charge is 2.22. The largest absolute Gasteiger partial charge is 0.325 e. The number of fused-ring (bicyclic) bond motifs is 2. The van der Waals surface area contributed by atoms with Crippen molar-refractivity contribution in [3.05, 3.63) is 78.9 Å². The zero-order valence-electron chi connectivity index (χ0n) is 17.1. The molecule has 2 aromatic heterocycles. The third kappa shape index (κ3) is 3.72. The van der Waals surface area contributed by atoms with Gasteiger partial charge in [-0.1, -0.05) is 17.7 Å². The standard InChI is InChI=1S/C23H20ClFN4OS/c1-12-8-19-21(31-13(2)26-19)10-18(12)27-23-28-22(30)15-4-3-5-20(15)29(23)11-14-6-7-17(25)16(24)9-14/h6-10H,3-5,11H2,1-2H3,(H,27,28,30). The Hall–Kier alpha value is -2.77. The SMILES string of the molecule is Cc1nc2cc(C)c(Nc3nc(=O)c4c(n3Cc3ccc(F)c(Cl)c3)CCC4)cc2s1. The second-order valence-electron chi connectivity index (χ2n) is 7.85. The van der Waals surface area contributed by atoms with Crippen molar-refractivity contribution in [2.24, 2.45) is 0 Å². The molecule has 158 valence electrons. The minimum atomic E-state index is -0.448. The van der Waals surface area contributed by atoms with Gasteiger partial charge in [0.25, 0.3) is 5.56 Å². The second kappa shape index (κ2) is 7.73. The van der Waals surface area contributed by atoms with Gasteiger partial charge in [0.15, 0.2) is 0 Å². The van der Waals surface area contributed by atoms with Crippen LogP contribution in [0.15, 0.2) is 35.1 Å². The van der Waals surface area contributed by atoms with Crippen LogP contribution in [0.2, 0.25) is 5.02 Å². The highest BCUT2D eigenvalue weighted by Crippen LogP contribution is 2.31. The highest BCUT2D eigenvalue weighted by atomic mass is 35.5. The Labute approximate surface area is 187 Å². The van der Waals surface area contributed by atoms with E-state index in [9.17, 15) is 9.18 Å². The van der Waals surface area contributed by atoms with E-state index in [-0.39, 0.29) is 10.6 Å². The fourth-order valence-corrected chi connectivity index (χ4v) is 5.19. The van der Waals surface area contributed by atoms with E-state index >= 15 is 0 Å². The summed E-state index contributed by atoms with van der Waals surface area (Å²) in [5.41, 5.74) is 5.27. The number of nitrogens with one attached hydrogen (secondary N) is 1. The first kappa shape index (κ1) is 20.2. The first-order chi connectivity index (χ1) is 14.9. The quantitative estimate of drug-likeness (QED) is 0.439. The van der Waals surface area contributed by atoms with Crippen LogP contribution in [0, 0.1) is 19.7 Å². The van der Waals surface area contributed by atoms with Gasteiger partial charge in [-0.05, 0) is 68.5 Å². The molecule has 0 unspecified atom stereocenters. The molecule has 1 aliphatic rings. The van der Waals surface area contributed by atoms with Crippen LogP contribution in [0.5, 0.6) is 0 Å². The summed E-state index contributed by atoms with van der Waals surface area (Å²) in [4.78, 5) is 21.6. The number of hydrogen-bond acceptors (Lipinski definition) is 5. The van der Waals surface area contributed by atoms with Crippen LogP contribution in [0.3, 0.4) is 0 Å². The Bertz CT molecular complexity index is 1390. The third-order valence-electron chi connectivity index (χ3n) is 5.65. The molecule has 0 bridgehead atoms. The number of aryl methyl sites for hydroxylation is 2. The number of hydrogen-bond donors (Lipinski definition) is 1. The lowest BCUT2D eigenvalue weighted by molar-refractivity contribution is 0.626. The number of halogens is 2. The zero-order valence-corrected chi connectivity index (χ0v) is 18.7. The maximum absolute atomic E-state index is 13.6. The Morgan fingerprint density at radius 1 is 1.19 bits per heavy atom. The molecule has 0 amide bonds. The molecule has 31 heavy (non-hydrogen) atoms. The number of aromatic nitrogens is 3. The molecular formula is C23H20ClFN4OS. The predicted molar refractivity (Wildman–Crippen MR) is 123 cm³/mol. The molecule has 5 rings (SSSR count). The van der Waals surface area contributed by atoms with E-state index < -0.39 is 5.82 Å². The van der Waals surface area contributed by atoms with Gasteiger partial charge < -0.3 is 9.88 Å². The van der Waals surface area contributed by atoms with Crippen molar-refractivity contribution in [1.82, 2.24) is 14.5 Å². The maximum atomic E-state index is 13.6. The summed E-state index contributed by atoms with van der Waals surface area (Å²) in [5, 5.41) is 4.47. The minimum Gasteiger partial charge on any atom is -0.325 e. The van der Waals surface area contributed by atoms with Gasteiger partial charge in [-0.25, -0.2) is 9.37 Å². The maximum Gasteiger partial charge on any atom is 0.277 e. The van der Waals surface area contributed by atoms with Crippen LogP contribution in [-0.4, -0.2) is 14.5 Å². The summed E-state index contributed by atoms with van der Waals surface area (Å²) in [6, 6.07) is 8.79. The van der Waals surface area contributed by atoms with Gasteiger partial charge in [-0.3, -0.25) is 4.79 Å². The van der Waals surface area contributed by atoms with Crippen molar-refractivity contribution in [2.45, 2.75) is 39.7 Å². The van der Waals surface area contributed by atoms with Crippen LogP contribution in [-0.2, 0) is 19.4 Å². The van der Waals surface area contributed by atoms with Crippen molar-refractivity contribution in [3.8, 4) is 0 Å². The van der Waals surface area contributed by atoms with Crippen molar-refractivity contribution < 1.29 is 4.39 Å². The molecule has 0 atom stereocenters. The van der Waals surface area contributed by atoms with Gasteiger partial charge in [0.1, 0.15) is 5.82 Å². The van der Waals surface area contributed by atoms with E-state index in [1.54, 1.807) is 23.5 Å². The Balaban J connectivity index is 1.61. The number of rotatable bonds is 4. The molecule has 2 aromatic carbocycles. The first-order valence-electron chi connectivity index (χ1n) is 10.1. The molecule has 0 fully saturated rings. The predicted octanol–water partition coefficient (Wildman–Crippen LogP) is 5.54. The molecule has 0 saturated carbocycles. The van der Waals surface area contributed by atoms with Crippen LogP contribution >= 0.6 is 22.9 Å². The van der Waals surface area contributed by atoms with Gasteiger partial charge in [0.2, 0.25) is 5.95 Å². The van der Waals surface area contributed by atoms with Crippen molar-refractivity contribution >= 4 is 44.8 Å². The number of nitrogens with zero attached hydrogens (tertiary/aromatic N) is 3. The molecule has 0 aliphatic heterocycles. The molecule has 4 aromatic rings. The monoisotopic (exact) mass is 454 g/mol. The highest BCUT2D eigenvalue weighted by molar-refractivity contribution is 7.18. The van der Waals surface area contributed by atoms with Crippen LogP contribution < -0.4 is 10.9 Å². The zero-order chi connectivity index (χ0) is 21.7. The summed E-state index contributed by atoms with van der Waals surface area (Å²) in [6.07, 6.45) is 2.46.